The van der Waals surface area contributed by atoms with Crippen LogP contribution in [0.25, 0.3) is 0 Å². The third kappa shape index (κ3) is 6.28. The minimum Gasteiger partial charge on any atom is -0.355 e. The normalized spacial score (nSPS) is 12.0. The van der Waals surface area contributed by atoms with Gasteiger partial charge in [0.05, 0.1) is 10.6 Å². The van der Waals surface area contributed by atoms with Crippen LogP contribution in [0.3, 0.4) is 0 Å². The molecule has 0 aliphatic heterocycles. The number of anilines is 1. The first-order valence-corrected chi connectivity index (χ1v) is 13.2. The van der Waals surface area contributed by atoms with Crippen molar-refractivity contribution in [1.82, 2.24) is 10.2 Å². The Kier molecular flexibility index (Phi) is 9.19. The van der Waals surface area contributed by atoms with Gasteiger partial charge in [0.15, 0.2) is 0 Å². The Hall–Kier alpha value is -3.72. The molecule has 0 saturated carbocycles. The van der Waals surface area contributed by atoms with Crippen LogP contribution in [-0.2, 0) is 26.2 Å². The molecule has 0 heterocycles. The molecule has 7 nitrogen and oxygen atoms in total. The average Bonchev–Trinajstić information content (AvgIpc) is 2.89. The predicted molar refractivity (Wildman–Crippen MR) is 137 cm³/mol. The van der Waals surface area contributed by atoms with Gasteiger partial charge in [-0.3, -0.25) is 13.9 Å². The highest BCUT2D eigenvalue weighted by Gasteiger charge is 2.34. The molecular formula is C27H30FN3O4S. The first-order chi connectivity index (χ1) is 17.3. The standard InChI is InChI=1S/C27H30FN3O4S/c1-3-24(27(33)29-4-2)30(19-21-13-7-5-8-14-21)26(32)20-31(25-18-12-11-17-23(25)28)36(34,35)22-15-9-6-10-16-22/h5-18,24H,3-4,19-20H2,1-2H3,(H,29,33). The van der Waals surface area contributed by atoms with E-state index in [-0.39, 0.29) is 23.0 Å². The van der Waals surface area contributed by atoms with E-state index >= 15 is 0 Å². The maximum absolute atomic E-state index is 14.8. The molecule has 0 saturated heterocycles. The zero-order valence-electron chi connectivity index (χ0n) is 20.3. The summed E-state index contributed by atoms with van der Waals surface area (Å²) < 4.78 is 42.8. The summed E-state index contributed by atoms with van der Waals surface area (Å²) in [5.41, 5.74) is 0.525. The van der Waals surface area contributed by atoms with E-state index in [0.29, 0.717) is 13.0 Å². The predicted octanol–water partition coefficient (Wildman–Crippen LogP) is 3.96. The Labute approximate surface area is 211 Å². The van der Waals surface area contributed by atoms with Gasteiger partial charge >= 0.3 is 0 Å². The second-order valence-electron chi connectivity index (χ2n) is 8.10. The number of hydrogen-bond donors (Lipinski definition) is 1. The minimum atomic E-state index is -4.30. The van der Waals surface area contributed by atoms with Crippen LogP contribution in [0.15, 0.2) is 89.8 Å². The lowest BCUT2D eigenvalue weighted by molar-refractivity contribution is -0.140. The smallest absolute Gasteiger partial charge is 0.264 e. The Morgan fingerprint density at radius 3 is 2.06 bits per heavy atom. The van der Waals surface area contributed by atoms with Crippen molar-refractivity contribution < 1.29 is 22.4 Å². The topological polar surface area (TPSA) is 86.8 Å². The van der Waals surface area contributed by atoms with E-state index < -0.39 is 34.3 Å². The Morgan fingerprint density at radius 1 is 0.889 bits per heavy atom. The number of carbonyl (C=O) groups is 2. The van der Waals surface area contributed by atoms with E-state index in [2.05, 4.69) is 5.32 Å². The van der Waals surface area contributed by atoms with Crippen LogP contribution in [0.5, 0.6) is 0 Å². The summed E-state index contributed by atoms with van der Waals surface area (Å²) in [6.45, 7) is 3.35. The van der Waals surface area contributed by atoms with Gasteiger partial charge in [-0.2, -0.15) is 0 Å². The molecule has 190 valence electrons. The number of nitrogens with one attached hydrogen (secondary N) is 1. The molecule has 9 heteroatoms. The number of para-hydroxylation sites is 1. The van der Waals surface area contributed by atoms with Gasteiger partial charge in [0.2, 0.25) is 11.8 Å². The van der Waals surface area contributed by atoms with Crippen LogP contribution < -0.4 is 9.62 Å². The summed E-state index contributed by atoms with van der Waals surface area (Å²) in [5.74, 6) is -1.75. The van der Waals surface area contributed by atoms with Crippen molar-refractivity contribution in [3.8, 4) is 0 Å². The lowest BCUT2D eigenvalue weighted by Crippen LogP contribution is -2.52. The van der Waals surface area contributed by atoms with Gasteiger partial charge in [0.1, 0.15) is 18.4 Å². The van der Waals surface area contributed by atoms with E-state index in [4.69, 9.17) is 0 Å². The van der Waals surface area contributed by atoms with Crippen molar-refractivity contribution in [2.75, 3.05) is 17.4 Å². The van der Waals surface area contributed by atoms with Crippen molar-refractivity contribution in [1.29, 1.82) is 0 Å². The number of likely N-dealkylation sites (N-methyl/N-ethyl adjacent to an activating group) is 1. The van der Waals surface area contributed by atoms with Gasteiger partial charge in [0, 0.05) is 13.1 Å². The van der Waals surface area contributed by atoms with Crippen LogP contribution >= 0.6 is 0 Å². The van der Waals surface area contributed by atoms with E-state index in [1.165, 1.54) is 35.2 Å². The number of carbonyl (C=O) groups excluding carboxylic acids is 2. The van der Waals surface area contributed by atoms with Crippen LogP contribution in [0.1, 0.15) is 25.8 Å². The third-order valence-corrected chi connectivity index (χ3v) is 7.44. The van der Waals surface area contributed by atoms with E-state index in [0.717, 1.165) is 15.9 Å². The van der Waals surface area contributed by atoms with Gasteiger partial charge in [-0.25, -0.2) is 12.8 Å². The largest absolute Gasteiger partial charge is 0.355 e. The Balaban J connectivity index is 2.05. The maximum Gasteiger partial charge on any atom is 0.264 e. The molecule has 3 aromatic rings. The van der Waals surface area contributed by atoms with Crippen LogP contribution in [0.2, 0.25) is 0 Å². The molecule has 1 atom stereocenters. The molecule has 0 fully saturated rings. The number of nitrogens with zero attached hydrogens (tertiary/aromatic N) is 2. The molecule has 1 unspecified atom stereocenters. The summed E-state index contributed by atoms with van der Waals surface area (Å²) in [5, 5.41) is 2.74. The number of halogens is 1. The first-order valence-electron chi connectivity index (χ1n) is 11.7. The van der Waals surface area contributed by atoms with E-state index in [1.807, 2.05) is 30.3 Å². The average molecular weight is 512 g/mol. The fourth-order valence-electron chi connectivity index (χ4n) is 3.88. The SMILES string of the molecule is CCNC(=O)C(CC)N(Cc1ccccc1)C(=O)CN(c1ccccc1F)S(=O)(=O)c1ccccc1. The lowest BCUT2D eigenvalue weighted by atomic mass is 10.1. The van der Waals surface area contributed by atoms with Crippen LogP contribution in [0.4, 0.5) is 10.1 Å². The Bertz CT molecular complexity index is 1270. The molecule has 0 aliphatic rings. The number of rotatable bonds is 11. The lowest BCUT2D eigenvalue weighted by Gasteiger charge is -2.33. The quantitative estimate of drug-likeness (QED) is 0.422. The summed E-state index contributed by atoms with van der Waals surface area (Å²) in [4.78, 5) is 27.9. The number of hydrogen-bond acceptors (Lipinski definition) is 4. The molecule has 2 amide bonds. The van der Waals surface area contributed by atoms with Gasteiger partial charge in [-0.05, 0) is 43.2 Å². The highest BCUT2D eigenvalue weighted by molar-refractivity contribution is 7.92. The zero-order valence-corrected chi connectivity index (χ0v) is 21.1. The highest BCUT2D eigenvalue weighted by atomic mass is 32.2. The van der Waals surface area contributed by atoms with Crippen LogP contribution in [0, 0.1) is 5.82 Å². The molecule has 1 N–H and O–H groups in total. The van der Waals surface area contributed by atoms with E-state index in [9.17, 15) is 22.4 Å². The van der Waals surface area contributed by atoms with E-state index in [1.54, 1.807) is 32.0 Å². The molecule has 0 aliphatic carbocycles. The van der Waals surface area contributed by atoms with Crippen molar-refractivity contribution in [2.45, 2.75) is 37.8 Å². The van der Waals surface area contributed by atoms with Crippen molar-refractivity contribution in [3.05, 3.63) is 96.3 Å². The monoisotopic (exact) mass is 511 g/mol. The van der Waals surface area contributed by atoms with Gasteiger partial charge < -0.3 is 10.2 Å². The fourth-order valence-corrected chi connectivity index (χ4v) is 5.32. The fraction of sp³-hybridized carbons (Fsp3) is 0.259. The molecule has 36 heavy (non-hydrogen) atoms. The van der Waals surface area contributed by atoms with Crippen molar-refractivity contribution in [3.63, 3.8) is 0 Å². The first kappa shape index (κ1) is 26.9. The highest BCUT2D eigenvalue weighted by Crippen LogP contribution is 2.27. The summed E-state index contributed by atoms with van der Waals surface area (Å²) >= 11 is 0. The maximum atomic E-state index is 14.8. The second-order valence-corrected chi connectivity index (χ2v) is 9.96. The van der Waals surface area contributed by atoms with Gasteiger partial charge in [-0.15, -0.1) is 0 Å². The molecule has 0 aromatic heterocycles. The molecule has 3 rings (SSSR count). The molecule has 0 bridgehead atoms. The van der Waals surface area contributed by atoms with Crippen LogP contribution in [-0.4, -0.2) is 44.3 Å². The molecule has 3 aromatic carbocycles. The van der Waals surface area contributed by atoms with Crippen molar-refractivity contribution >= 4 is 27.5 Å². The number of benzene rings is 3. The Morgan fingerprint density at radius 2 is 1.47 bits per heavy atom. The molecule has 0 radical (unpaired) electrons. The second kappa shape index (κ2) is 12.3. The molecular weight excluding hydrogens is 481 g/mol. The summed E-state index contributed by atoms with van der Waals surface area (Å²) in [6.07, 6.45) is 0.315. The summed E-state index contributed by atoms with van der Waals surface area (Å²) in [7, 11) is -4.30. The van der Waals surface area contributed by atoms with Crippen molar-refractivity contribution in [2.24, 2.45) is 0 Å². The van der Waals surface area contributed by atoms with Gasteiger partial charge in [-0.1, -0.05) is 67.6 Å². The summed E-state index contributed by atoms with van der Waals surface area (Å²) in [6, 6.07) is 21.2. The zero-order chi connectivity index (χ0) is 26.1. The number of sulfonamides is 1. The molecule has 0 spiro atoms. The third-order valence-electron chi connectivity index (χ3n) is 5.66. The van der Waals surface area contributed by atoms with Gasteiger partial charge in [0.25, 0.3) is 10.0 Å². The number of amides is 2. The minimum absolute atomic E-state index is 0.0774.